The SMILES string of the molecule is Cc1ccc(NC(=O)COC(=O)c2ccc3c(c2)nc(C)n3-c2ccccc2)cc1. The number of carbonyl (C=O) groups is 2. The second kappa shape index (κ2) is 8.21. The van der Waals surface area contributed by atoms with Gasteiger partial charge in [-0.1, -0.05) is 35.9 Å². The van der Waals surface area contributed by atoms with Gasteiger partial charge < -0.3 is 10.1 Å². The zero-order valence-corrected chi connectivity index (χ0v) is 16.8. The van der Waals surface area contributed by atoms with E-state index in [4.69, 9.17) is 4.74 Å². The number of nitrogens with zero attached hydrogens (tertiary/aromatic N) is 2. The van der Waals surface area contributed by atoms with Gasteiger partial charge in [-0.3, -0.25) is 9.36 Å². The summed E-state index contributed by atoms with van der Waals surface area (Å²) in [5.41, 5.74) is 4.69. The largest absolute Gasteiger partial charge is 0.452 e. The summed E-state index contributed by atoms with van der Waals surface area (Å²) in [4.78, 5) is 29.0. The number of benzene rings is 3. The lowest BCUT2D eigenvalue weighted by atomic mass is 10.2. The average Bonchev–Trinajstić information content (AvgIpc) is 3.09. The Kier molecular flexibility index (Phi) is 5.30. The summed E-state index contributed by atoms with van der Waals surface area (Å²) in [6.45, 7) is 3.53. The van der Waals surface area contributed by atoms with Gasteiger partial charge in [-0.2, -0.15) is 0 Å². The number of fused-ring (bicyclic) bond motifs is 1. The van der Waals surface area contributed by atoms with E-state index in [0.717, 1.165) is 22.6 Å². The summed E-state index contributed by atoms with van der Waals surface area (Å²) in [6, 6.07) is 22.5. The number of esters is 1. The van der Waals surface area contributed by atoms with Gasteiger partial charge in [0.2, 0.25) is 0 Å². The van der Waals surface area contributed by atoms with Crippen molar-refractivity contribution in [2.45, 2.75) is 13.8 Å². The maximum absolute atomic E-state index is 12.4. The lowest BCUT2D eigenvalue weighted by Crippen LogP contribution is -2.20. The highest BCUT2D eigenvalue weighted by Crippen LogP contribution is 2.22. The smallest absolute Gasteiger partial charge is 0.338 e. The Morgan fingerprint density at radius 1 is 0.967 bits per heavy atom. The maximum atomic E-state index is 12.4. The van der Waals surface area contributed by atoms with Crippen LogP contribution < -0.4 is 5.32 Å². The summed E-state index contributed by atoms with van der Waals surface area (Å²) in [6.07, 6.45) is 0. The number of anilines is 1. The Hall–Kier alpha value is -3.93. The number of hydrogen-bond acceptors (Lipinski definition) is 4. The van der Waals surface area contributed by atoms with Crippen LogP contribution in [-0.4, -0.2) is 28.0 Å². The van der Waals surface area contributed by atoms with Gasteiger partial charge in [0, 0.05) is 11.4 Å². The van der Waals surface area contributed by atoms with Crippen molar-refractivity contribution in [1.29, 1.82) is 0 Å². The number of carbonyl (C=O) groups excluding carboxylic acids is 2. The first-order valence-electron chi connectivity index (χ1n) is 9.59. The Morgan fingerprint density at radius 2 is 1.70 bits per heavy atom. The molecule has 0 aliphatic carbocycles. The second-order valence-corrected chi connectivity index (χ2v) is 7.02. The molecule has 0 aliphatic rings. The van der Waals surface area contributed by atoms with E-state index >= 15 is 0 Å². The third-order valence-electron chi connectivity index (χ3n) is 4.74. The van der Waals surface area contributed by atoms with E-state index in [-0.39, 0.29) is 6.61 Å². The molecule has 0 fully saturated rings. The number of amides is 1. The molecule has 1 amide bonds. The number of imidazole rings is 1. The molecule has 0 unspecified atom stereocenters. The molecule has 6 heteroatoms. The highest BCUT2D eigenvalue weighted by Gasteiger charge is 2.15. The Bertz CT molecular complexity index is 1210. The molecule has 6 nitrogen and oxygen atoms in total. The Balaban J connectivity index is 1.46. The second-order valence-electron chi connectivity index (χ2n) is 7.02. The van der Waals surface area contributed by atoms with Crippen molar-refractivity contribution in [1.82, 2.24) is 9.55 Å². The molecule has 0 spiro atoms. The van der Waals surface area contributed by atoms with Crippen LogP contribution in [-0.2, 0) is 9.53 Å². The quantitative estimate of drug-likeness (QED) is 0.504. The van der Waals surface area contributed by atoms with Crippen molar-refractivity contribution in [3.05, 3.63) is 89.7 Å². The first kappa shape index (κ1) is 19.4. The number of ether oxygens (including phenoxy) is 1. The van der Waals surface area contributed by atoms with Crippen LogP contribution in [0, 0.1) is 13.8 Å². The summed E-state index contributed by atoms with van der Waals surface area (Å²) >= 11 is 0. The fourth-order valence-corrected chi connectivity index (χ4v) is 3.28. The molecule has 1 heterocycles. The summed E-state index contributed by atoms with van der Waals surface area (Å²) in [5.74, 6) is -0.139. The number of aryl methyl sites for hydroxylation is 2. The van der Waals surface area contributed by atoms with Crippen LogP contribution in [0.4, 0.5) is 5.69 Å². The molecule has 4 aromatic rings. The Labute approximate surface area is 174 Å². The van der Waals surface area contributed by atoms with Crippen LogP contribution in [0.5, 0.6) is 0 Å². The van der Waals surface area contributed by atoms with E-state index in [0.29, 0.717) is 16.8 Å². The molecule has 0 radical (unpaired) electrons. The van der Waals surface area contributed by atoms with E-state index in [1.807, 2.05) is 66.9 Å². The first-order valence-corrected chi connectivity index (χ1v) is 9.59. The molecule has 3 aromatic carbocycles. The first-order chi connectivity index (χ1) is 14.5. The fraction of sp³-hybridized carbons (Fsp3) is 0.125. The van der Waals surface area contributed by atoms with Gasteiger partial charge in [0.15, 0.2) is 6.61 Å². The van der Waals surface area contributed by atoms with Gasteiger partial charge in [0.25, 0.3) is 5.91 Å². The normalized spacial score (nSPS) is 10.7. The highest BCUT2D eigenvalue weighted by molar-refractivity contribution is 5.97. The predicted octanol–water partition coefficient (Wildman–Crippen LogP) is 4.44. The van der Waals surface area contributed by atoms with Crippen LogP contribution in [0.2, 0.25) is 0 Å². The number of para-hydroxylation sites is 1. The zero-order valence-electron chi connectivity index (χ0n) is 16.8. The van der Waals surface area contributed by atoms with Crippen molar-refractivity contribution in [2.75, 3.05) is 11.9 Å². The van der Waals surface area contributed by atoms with Gasteiger partial charge >= 0.3 is 5.97 Å². The summed E-state index contributed by atoms with van der Waals surface area (Å²) in [5, 5.41) is 2.70. The minimum Gasteiger partial charge on any atom is -0.452 e. The number of aromatic nitrogens is 2. The van der Waals surface area contributed by atoms with Crippen LogP contribution in [0.25, 0.3) is 16.7 Å². The lowest BCUT2D eigenvalue weighted by molar-refractivity contribution is -0.119. The van der Waals surface area contributed by atoms with Crippen molar-refractivity contribution in [2.24, 2.45) is 0 Å². The summed E-state index contributed by atoms with van der Waals surface area (Å²) in [7, 11) is 0. The standard InChI is InChI=1S/C24H21N3O3/c1-16-8-11-19(12-9-16)26-23(28)15-30-24(29)18-10-13-22-21(14-18)25-17(2)27(22)20-6-4-3-5-7-20/h3-14H,15H2,1-2H3,(H,26,28). The van der Waals surface area contributed by atoms with E-state index in [1.54, 1.807) is 24.3 Å². The molecule has 30 heavy (non-hydrogen) atoms. The number of rotatable bonds is 5. The monoisotopic (exact) mass is 399 g/mol. The highest BCUT2D eigenvalue weighted by atomic mass is 16.5. The van der Waals surface area contributed by atoms with Crippen molar-refractivity contribution < 1.29 is 14.3 Å². The summed E-state index contributed by atoms with van der Waals surface area (Å²) < 4.78 is 7.20. The zero-order chi connectivity index (χ0) is 21.1. The molecule has 1 N–H and O–H groups in total. The molecule has 150 valence electrons. The van der Waals surface area contributed by atoms with Gasteiger partial charge in [-0.15, -0.1) is 0 Å². The van der Waals surface area contributed by atoms with Crippen LogP contribution in [0.3, 0.4) is 0 Å². The number of hydrogen-bond donors (Lipinski definition) is 1. The van der Waals surface area contributed by atoms with E-state index in [1.165, 1.54) is 0 Å². The predicted molar refractivity (Wildman–Crippen MR) is 116 cm³/mol. The molecule has 0 saturated heterocycles. The van der Waals surface area contributed by atoms with Crippen LogP contribution in [0.1, 0.15) is 21.7 Å². The van der Waals surface area contributed by atoms with Crippen molar-refractivity contribution in [3.8, 4) is 5.69 Å². The Morgan fingerprint density at radius 3 is 2.43 bits per heavy atom. The van der Waals surface area contributed by atoms with Gasteiger partial charge in [-0.05, 0) is 56.3 Å². The molecular weight excluding hydrogens is 378 g/mol. The average molecular weight is 399 g/mol. The van der Waals surface area contributed by atoms with Crippen molar-refractivity contribution >= 4 is 28.6 Å². The minimum absolute atomic E-state index is 0.350. The van der Waals surface area contributed by atoms with E-state index in [2.05, 4.69) is 10.3 Å². The molecule has 0 atom stereocenters. The van der Waals surface area contributed by atoms with Crippen molar-refractivity contribution in [3.63, 3.8) is 0 Å². The molecule has 4 rings (SSSR count). The van der Waals surface area contributed by atoms with Crippen LogP contribution in [0.15, 0.2) is 72.8 Å². The number of nitrogens with one attached hydrogen (secondary N) is 1. The third-order valence-corrected chi connectivity index (χ3v) is 4.74. The molecule has 0 bridgehead atoms. The van der Waals surface area contributed by atoms with Gasteiger partial charge in [0.05, 0.1) is 16.6 Å². The van der Waals surface area contributed by atoms with E-state index < -0.39 is 11.9 Å². The molecule has 1 aromatic heterocycles. The fourth-order valence-electron chi connectivity index (χ4n) is 3.28. The van der Waals surface area contributed by atoms with Gasteiger partial charge in [-0.25, -0.2) is 9.78 Å². The molecule has 0 saturated carbocycles. The van der Waals surface area contributed by atoms with Crippen LogP contribution >= 0.6 is 0 Å². The minimum atomic E-state index is -0.567. The third kappa shape index (κ3) is 4.07. The lowest BCUT2D eigenvalue weighted by Gasteiger charge is -2.08. The molecular formula is C24H21N3O3. The topological polar surface area (TPSA) is 73.2 Å². The van der Waals surface area contributed by atoms with Gasteiger partial charge in [0.1, 0.15) is 5.82 Å². The van der Waals surface area contributed by atoms with E-state index in [9.17, 15) is 9.59 Å². The molecule has 0 aliphatic heterocycles. The maximum Gasteiger partial charge on any atom is 0.338 e.